The highest BCUT2D eigenvalue weighted by molar-refractivity contribution is 6.32. The maximum atomic E-state index is 11.2. The van der Waals surface area contributed by atoms with Gasteiger partial charge in [0.05, 0.1) is 0 Å². The first-order valence-electron chi connectivity index (χ1n) is 3.65. The molecule has 56 valence electrons. The van der Waals surface area contributed by atoms with E-state index < -0.39 is 0 Å². The fourth-order valence-electron chi connectivity index (χ4n) is 1.23. The lowest BCUT2D eigenvalue weighted by Gasteiger charge is -2.01. The summed E-state index contributed by atoms with van der Waals surface area (Å²) in [5, 5.41) is 12.1. The topological polar surface area (TPSA) is 26.9 Å². The smallest absolute Gasteiger partial charge is 0.223 e. The molecule has 1 heterocycles. The van der Waals surface area contributed by atoms with E-state index in [1.165, 1.54) is 6.20 Å². The molecule has 2 aromatic rings. The molecule has 0 unspecified atom stereocenters. The molecule has 3 heteroatoms. The zero-order valence-corrected chi connectivity index (χ0v) is 6.40. The van der Waals surface area contributed by atoms with Crippen molar-refractivity contribution in [3.05, 3.63) is 41.7 Å². The molecular formula is C9H6BNO. The Balaban J connectivity index is 2.89. The summed E-state index contributed by atoms with van der Waals surface area (Å²) < 4.78 is 0.782. The molecule has 1 aromatic heterocycles. The van der Waals surface area contributed by atoms with Crippen molar-refractivity contribution in [2.45, 2.75) is 0 Å². The van der Waals surface area contributed by atoms with Crippen molar-refractivity contribution < 1.29 is 4.73 Å². The first-order valence-corrected chi connectivity index (χ1v) is 3.65. The van der Waals surface area contributed by atoms with Crippen LogP contribution < -0.4 is 10.2 Å². The third-order valence-corrected chi connectivity index (χ3v) is 1.76. The number of rotatable bonds is 0. The second-order valence-electron chi connectivity index (χ2n) is 2.66. The molecule has 0 N–H and O–H groups in total. The molecule has 0 aliphatic carbocycles. The molecular weight excluding hydrogens is 149 g/mol. The molecule has 2 nitrogen and oxygen atoms in total. The first kappa shape index (κ1) is 7.16. The van der Waals surface area contributed by atoms with Crippen molar-refractivity contribution in [1.29, 1.82) is 0 Å². The molecule has 2 radical (unpaired) electrons. The van der Waals surface area contributed by atoms with Crippen molar-refractivity contribution in [1.82, 2.24) is 0 Å². The number of hydrogen-bond acceptors (Lipinski definition) is 1. The molecule has 0 aliphatic heterocycles. The van der Waals surface area contributed by atoms with Gasteiger partial charge in [-0.2, -0.15) is 4.73 Å². The fourth-order valence-corrected chi connectivity index (χ4v) is 1.23. The summed E-state index contributed by atoms with van der Waals surface area (Å²) in [6.45, 7) is 0. The summed E-state index contributed by atoms with van der Waals surface area (Å²) in [6, 6.07) is 9.11. The van der Waals surface area contributed by atoms with Crippen LogP contribution in [0.1, 0.15) is 0 Å². The number of hydrogen-bond donors (Lipinski definition) is 0. The zero-order chi connectivity index (χ0) is 8.55. The van der Waals surface area contributed by atoms with Crippen LogP contribution in [-0.4, -0.2) is 7.85 Å². The van der Waals surface area contributed by atoms with Crippen LogP contribution in [0.2, 0.25) is 0 Å². The van der Waals surface area contributed by atoms with Gasteiger partial charge in [0.1, 0.15) is 7.85 Å². The van der Waals surface area contributed by atoms with Gasteiger partial charge in [-0.15, -0.1) is 0 Å². The lowest BCUT2D eigenvalue weighted by molar-refractivity contribution is -0.576. The number of para-hydroxylation sites is 1. The van der Waals surface area contributed by atoms with Crippen molar-refractivity contribution in [3.63, 3.8) is 0 Å². The van der Waals surface area contributed by atoms with Gasteiger partial charge in [-0.3, -0.25) is 0 Å². The molecule has 0 aliphatic rings. The van der Waals surface area contributed by atoms with E-state index in [9.17, 15) is 5.21 Å². The lowest BCUT2D eigenvalue weighted by atomic mass is 9.97. The van der Waals surface area contributed by atoms with Gasteiger partial charge < -0.3 is 5.21 Å². The van der Waals surface area contributed by atoms with Gasteiger partial charge in [0, 0.05) is 11.5 Å². The van der Waals surface area contributed by atoms with Crippen LogP contribution in [0.4, 0.5) is 0 Å². The molecule has 0 spiro atoms. The van der Waals surface area contributed by atoms with E-state index in [-0.39, 0.29) is 0 Å². The first-order chi connectivity index (χ1) is 5.77. The van der Waals surface area contributed by atoms with Gasteiger partial charge in [0.25, 0.3) is 0 Å². The van der Waals surface area contributed by atoms with Crippen molar-refractivity contribution in [2.24, 2.45) is 0 Å². The van der Waals surface area contributed by atoms with E-state index >= 15 is 0 Å². The Bertz CT molecular complexity index is 428. The Morgan fingerprint density at radius 3 is 2.83 bits per heavy atom. The SMILES string of the molecule is [B]c1cc2ccccc2[n+]([O-])c1. The summed E-state index contributed by atoms with van der Waals surface area (Å²) >= 11 is 0. The minimum Gasteiger partial charge on any atom is -0.618 e. The van der Waals surface area contributed by atoms with Crippen LogP contribution >= 0.6 is 0 Å². The zero-order valence-electron chi connectivity index (χ0n) is 6.40. The second kappa shape index (κ2) is 2.52. The Hall–Kier alpha value is -1.51. The highest BCUT2D eigenvalue weighted by atomic mass is 16.5. The summed E-state index contributed by atoms with van der Waals surface area (Å²) in [4.78, 5) is 0. The molecule has 0 saturated carbocycles. The minimum absolute atomic E-state index is 0.490. The molecule has 0 bridgehead atoms. The van der Waals surface area contributed by atoms with Crippen LogP contribution in [-0.2, 0) is 0 Å². The van der Waals surface area contributed by atoms with Crippen molar-refractivity contribution in [3.8, 4) is 0 Å². The molecule has 0 fully saturated rings. The Kier molecular flexibility index (Phi) is 1.50. The monoisotopic (exact) mass is 155 g/mol. The Morgan fingerprint density at radius 1 is 1.25 bits per heavy atom. The molecule has 0 atom stereocenters. The third kappa shape index (κ3) is 1.03. The standard InChI is InChI=1S/C9H6BNO/c10-8-5-7-3-1-2-4-9(7)11(12)6-8/h1-6H. The van der Waals surface area contributed by atoms with Crippen molar-refractivity contribution in [2.75, 3.05) is 0 Å². The average Bonchev–Trinajstić information content (AvgIpc) is 2.04. The van der Waals surface area contributed by atoms with Crippen LogP contribution in [0.3, 0.4) is 0 Å². The number of benzene rings is 1. The van der Waals surface area contributed by atoms with Crippen LogP contribution in [0.5, 0.6) is 0 Å². The second-order valence-corrected chi connectivity index (χ2v) is 2.66. The van der Waals surface area contributed by atoms with E-state index in [2.05, 4.69) is 0 Å². The summed E-state index contributed by atoms with van der Waals surface area (Å²) in [7, 11) is 5.50. The van der Waals surface area contributed by atoms with Crippen LogP contribution in [0, 0.1) is 5.21 Å². The van der Waals surface area contributed by atoms with Gasteiger partial charge in [0.2, 0.25) is 5.52 Å². The van der Waals surface area contributed by atoms with Gasteiger partial charge >= 0.3 is 0 Å². The van der Waals surface area contributed by atoms with E-state index in [1.54, 1.807) is 12.1 Å². The Labute approximate surface area is 71.4 Å². The Morgan fingerprint density at radius 2 is 2.00 bits per heavy atom. The van der Waals surface area contributed by atoms with Crippen LogP contribution in [0.25, 0.3) is 10.9 Å². The average molecular weight is 155 g/mol. The van der Waals surface area contributed by atoms with Gasteiger partial charge in [-0.1, -0.05) is 12.1 Å². The summed E-state index contributed by atoms with van der Waals surface area (Å²) in [5.74, 6) is 0. The van der Waals surface area contributed by atoms with E-state index in [1.807, 2.05) is 18.2 Å². The van der Waals surface area contributed by atoms with E-state index in [0.29, 0.717) is 11.0 Å². The predicted molar refractivity (Wildman–Crippen MR) is 48.3 cm³/mol. The van der Waals surface area contributed by atoms with Crippen molar-refractivity contribution >= 4 is 24.2 Å². The fraction of sp³-hybridized carbons (Fsp3) is 0. The quantitative estimate of drug-likeness (QED) is 0.304. The van der Waals surface area contributed by atoms with Gasteiger partial charge in [-0.05, 0) is 17.6 Å². The lowest BCUT2D eigenvalue weighted by Crippen LogP contribution is -2.31. The number of pyridine rings is 1. The predicted octanol–water partition coefficient (Wildman–Crippen LogP) is 0.267. The maximum Gasteiger partial charge on any atom is 0.223 e. The highest BCUT2D eigenvalue weighted by Gasteiger charge is 2.01. The molecule has 0 saturated heterocycles. The minimum atomic E-state index is 0.490. The molecule has 1 aromatic carbocycles. The van der Waals surface area contributed by atoms with E-state index in [4.69, 9.17) is 7.85 Å². The summed E-state index contributed by atoms with van der Waals surface area (Å²) in [5.41, 5.74) is 1.13. The van der Waals surface area contributed by atoms with Crippen LogP contribution in [0.15, 0.2) is 36.5 Å². The highest BCUT2D eigenvalue weighted by Crippen LogP contribution is 2.05. The maximum absolute atomic E-state index is 11.2. The number of nitrogens with zero attached hydrogens (tertiary/aromatic N) is 1. The molecule has 12 heavy (non-hydrogen) atoms. The summed E-state index contributed by atoms with van der Waals surface area (Å²) in [6.07, 6.45) is 1.36. The normalized spacial score (nSPS) is 10.3. The van der Waals surface area contributed by atoms with E-state index in [0.717, 1.165) is 10.1 Å². The molecule has 2 rings (SSSR count). The van der Waals surface area contributed by atoms with Gasteiger partial charge in [0.15, 0.2) is 6.20 Å². The number of aromatic nitrogens is 1. The number of fused-ring (bicyclic) bond motifs is 1. The largest absolute Gasteiger partial charge is 0.618 e. The molecule has 0 amide bonds. The third-order valence-electron chi connectivity index (χ3n) is 1.76. The van der Waals surface area contributed by atoms with Gasteiger partial charge in [-0.25, -0.2) is 0 Å².